The third-order valence-corrected chi connectivity index (χ3v) is 2.56. The van der Waals surface area contributed by atoms with Crippen LogP contribution in [0.15, 0.2) is 0 Å². The number of carbonyl (C=O) groups excluding carboxylic acids is 1. The lowest BCUT2D eigenvalue weighted by Crippen LogP contribution is -2.46. The van der Waals surface area contributed by atoms with Gasteiger partial charge in [-0.2, -0.15) is 0 Å². The van der Waals surface area contributed by atoms with Crippen LogP contribution >= 0.6 is 0 Å². The summed E-state index contributed by atoms with van der Waals surface area (Å²) >= 11 is 0. The maximum Gasteiger partial charge on any atom is 0.308 e. The molecular formula is C10H18O3. The first-order valence-corrected chi connectivity index (χ1v) is 4.84. The first-order valence-electron chi connectivity index (χ1n) is 4.84. The molecule has 0 aromatic carbocycles. The molecule has 13 heavy (non-hydrogen) atoms. The SMILES string of the molecule is CCC1(COC(=O)C(C)C)COC1. The summed E-state index contributed by atoms with van der Waals surface area (Å²) < 4.78 is 10.3. The van der Waals surface area contributed by atoms with Crippen molar-refractivity contribution in [3.8, 4) is 0 Å². The molecule has 3 nitrogen and oxygen atoms in total. The molecule has 1 heterocycles. The Balaban J connectivity index is 2.28. The van der Waals surface area contributed by atoms with E-state index < -0.39 is 0 Å². The van der Waals surface area contributed by atoms with Crippen molar-refractivity contribution in [2.45, 2.75) is 27.2 Å². The van der Waals surface area contributed by atoms with Crippen molar-refractivity contribution in [2.75, 3.05) is 19.8 Å². The second-order valence-corrected chi connectivity index (χ2v) is 4.11. The molecule has 0 atom stereocenters. The first-order chi connectivity index (χ1) is 6.09. The van der Waals surface area contributed by atoms with E-state index in [1.807, 2.05) is 13.8 Å². The Morgan fingerprint density at radius 2 is 2.15 bits per heavy atom. The maximum atomic E-state index is 11.2. The molecule has 0 radical (unpaired) electrons. The van der Waals surface area contributed by atoms with Gasteiger partial charge in [0.15, 0.2) is 0 Å². The van der Waals surface area contributed by atoms with E-state index in [4.69, 9.17) is 9.47 Å². The van der Waals surface area contributed by atoms with Crippen molar-refractivity contribution in [3.63, 3.8) is 0 Å². The van der Waals surface area contributed by atoms with Gasteiger partial charge in [-0.25, -0.2) is 0 Å². The number of carbonyl (C=O) groups is 1. The van der Waals surface area contributed by atoms with Crippen LogP contribution in [0.2, 0.25) is 0 Å². The van der Waals surface area contributed by atoms with Crippen LogP contribution in [0.1, 0.15) is 27.2 Å². The largest absolute Gasteiger partial charge is 0.465 e. The lowest BCUT2D eigenvalue weighted by atomic mass is 9.84. The molecule has 0 spiro atoms. The molecule has 0 amide bonds. The maximum absolute atomic E-state index is 11.2. The Kier molecular flexibility index (Phi) is 3.31. The van der Waals surface area contributed by atoms with Gasteiger partial charge in [-0.3, -0.25) is 4.79 Å². The van der Waals surface area contributed by atoms with Crippen LogP contribution in [0, 0.1) is 11.3 Å². The summed E-state index contributed by atoms with van der Waals surface area (Å²) in [7, 11) is 0. The summed E-state index contributed by atoms with van der Waals surface area (Å²) in [5.74, 6) is -0.144. The van der Waals surface area contributed by atoms with E-state index >= 15 is 0 Å². The Morgan fingerprint density at radius 1 is 1.54 bits per heavy atom. The molecule has 3 heteroatoms. The van der Waals surface area contributed by atoms with Crippen LogP contribution in [0.3, 0.4) is 0 Å². The minimum Gasteiger partial charge on any atom is -0.465 e. The van der Waals surface area contributed by atoms with Crippen LogP contribution in [-0.2, 0) is 14.3 Å². The predicted molar refractivity (Wildman–Crippen MR) is 49.3 cm³/mol. The van der Waals surface area contributed by atoms with Gasteiger partial charge >= 0.3 is 5.97 Å². The zero-order chi connectivity index (χ0) is 9.90. The fraction of sp³-hybridized carbons (Fsp3) is 0.900. The highest BCUT2D eigenvalue weighted by atomic mass is 16.5. The van der Waals surface area contributed by atoms with Gasteiger partial charge in [0.05, 0.1) is 24.5 Å². The Bertz CT molecular complexity index is 177. The summed E-state index contributed by atoms with van der Waals surface area (Å²) in [4.78, 5) is 11.2. The number of ether oxygens (including phenoxy) is 2. The topological polar surface area (TPSA) is 35.5 Å². The number of rotatable bonds is 4. The Morgan fingerprint density at radius 3 is 2.46 bits per heavy atom. The summed E-state index contributed by atoms with van der Waals surface area (Å²) in [6.07, 6.45) is 1.01. The molecule has 1 fully saturated rings. The molecule has 0 unspecified atom stereocenters. The molecule has 76 valence electrons. The van der Waals surface area contributed by atoms with Gasteiger partial charge < -0.3 is 9.47 Å². The van der Waals surface area contributed by atoms with Crippen molar-refractivity contribution >= 4 is 5.97 Å². The fourth-order valence-corrected chi connectivity index (χ4v) is 1.17. The molecule has 0 saturated carbocycles. The zero-order valence-electron chi connectivity index (χ0n) is 8.63. The Labute approximate surface area is 79.4 Å². The van der Waals surface area contributed by atoms with Gasteiger partial charge in [0.1, 0.15) is 6.61 Å². The molecule has 0 aromatic rings. The highest BCUT2D eigenvalue weighted by Crippen LogP contribution is 2.31. The summed E-state index contributed by atoms with van der Waals surface area (Å²) in [5.41, 5.74) is 0.116. The average Bonchev–Trinajstić information content (AvgIpc) is 2.02. The average molecular weight is 186 g/mol. The smallest absolute Gasteiger partial charge is 0.308 e. The van der Waals surface area contributed by atoms with E-state index in [1.54, 1.807) is 0 Å². The van der Waals surface area contributed by atoms with Crippen LogP contribution in [0.25, 0.3) is 0 Å². The third kappa shape index (κ3) is 2.44. The van der Waals surface area contributed by atoms with Gasteiger partial charge in [-0.15, -0.1) is 0 Å². The van der Waals surface area contributed by atoms with Crippen LogP contribution < -0.4 is 0 Å². The van der Waals surface area contributed by atoms with Crippen molar-refractivity contribution in [1.29, 1.82) is 0 Å². The fourth-order valence-electron chi connectivity index (χ4n) is 1.17. The van der Waals surface area contributed by atoms with Crippen molar-refractivity contribution in [2.24, 2.45) is 11.3 Å². The van der Waals surface area contributed by atoms with Gasteiger partial charge in [0.25, 0.3) is 0 Å². The molecule has 0 aliphatic carbocycles. The van der Waals surface area contributed by atoms with Crippen LogP contribution in [0.4, 0.5) is 0 Å². The Hall–Kier alpha value is -0.570. The molecule has 1 rings (SSSR count). The lowest BCUT2D eigenvalue weighted by molar-refractivity contribution is -0.173. The van der Waals surface area contributed by atoms with E-state index in [1.165, 1.54) is 0 Å². The van der Waals surface area contributed by atoms with E-state index in [0.717, 1.165) is 19.6 Å². The highest BCUT2D eigenvalue weighted by Gasteiger charge is 2.38. The molecule has 0 aromatic heterocycles. The number of esters is 1. The van der Waals surface area contributed by atoms with Crippen LogP contribution in [-0.4, -0.2) is 25.8 Å². The van der Waals surface area contributed by atoms with Crippen molar-refractivity contribution < 1.29 is 14.3 Å². The third-order valence-electron chi connectivity index (χ3n) is 2.56. The molecule has 1 aliphatic rings. The number of hydrogen-bond acceptors (Lipinski definition) is 3. The molecule has 0 bridgehead atoms. The first kappa shape index (κ1) is 10.5. The highest BCUT2D eigenvalue weighted by molar-refractivity contribution is 5.71. The van der Waals surface area contributed by atoms with Gasteiger partial charge in [0, 0.05) is 0 Å². The molecule has 1 saturated heterocycles. The molecular weight excluding hydrogens is 168 g/mol. The monoisotopic (exact) mass is 186 g/mol. The predicted octanol–water partition coefficient (Wildman–Crippen LogP) is 1.61. The summed E-state index contributed by atoms with van der Waals surface area (Å²) in [5, 5.41) is 0. The van der Waals surface area contributed by atoms with E-state index in [-0.39, 0.29) is 17.3 Å². The second kappa shape index (κ2) is 4.09. The zero-order valence-corrected chi connectivity index (χ0v) is 8.63. The van der Waals surface area contributed by atoms with Crippen molar-refractivity contribution in [3.05, 3.63) is 0 Å². The van der Waals surface area contributed by atoms with Gasteiger partial charge in [-0.1, -0.05) is 20.8 Å². The summed E-state index contributed by atoms with van der Waals surface area (Å²) in [6.45, 7) is 7.77. The van der Waals surface area contributed by atoms with E-state index in [2.05, 4.69) is 6.92 Å². The second-order valence-electron chi connectivity index (χ2n) is 4.11. The van der Waals surface area contributed by atoms with Gasteiger partial charge in [0.2, 0.25) is 0 Å². The molecule has 1 aliphatic heterocycles. The van der Waals surface area contributed by atoms with E-state index in [0.29, 0.717) is 6.61 Å². The van der Waals surface area contributed by atoms with E-state index in [9.17, 15) is 4.79 Å². The van der Waals surface area contributed by atoms with Crippen LogP contribution in [0.5, 0.6) is 0 Å². The molecule has 0 N–H and O–H groups in total. The minimum absolute atomic E-state index is 0.0325. The standard InChI is InChI=1S/C10H18O3/c1-4-10(5-12-6-10)7-13-9(11)8(2)3/h8H,4-7H2,1-3H3. The summed E-state index contributed by atoms with van der Waals surface area (Å²) in [6, 6.07) is 0. The lowest BCUT2D eigenvalue weighted by Gasteiger charge is -2.40. The quantitative estimate of drug-likeness (QED) is 0.626. The number of hydrogen-bond donors (Lipinski definition) is 0. The normalized spacial score (nSPS) is 19.7. The van der Waals surface area contributed by atoms with Gasteiger partial charge in [-0.05, 0) is 6.42 Å². The minimum atomic E-state index is -0.111. The van der Waals surface area contributed by atoms with Crippen molar-refractivity contribution in [1.82, 2.24) is 0 Å².